The van der Waals surface area contributed by atoms with E-state index < -0.39 is 0 Å². The lowest BCUT2D eigenvalue weighted by Gasteiger charge is -2.54. The number of amides is 2. The standard InChI is InChI=1S/C20H33N3O2/c1-2-4-19(24)21-9-7-17(8-10-21)22-12-15-11-16(14-22)18-5-3-6-20(25)23(18)13-15/h15-18H,2-14H2,1H3/t15?,16?,18-/m1/s1. The fourth-order valence-corrected chi connectivity index (χ4v) is 5.80. The molecule has 4 saturated heterocycles. The molecule has 0 radical (unpaired) electrons. The largest absolute Gasteiger partial charge is 0.343 e. The number of nitrogens with zero attached hydrogens (tertiary/aromatic N) is 3. The molecule has 0 spiro atoms. The molecule has 2 amide bonds. The summed E-state index contributed by atoms with van der Waals surface area (Å²) in [4.78, 5) is 31.4. The molecule has 140 valence electrons. The monoisotopic (exact) mass is 347 g/mol. The molecule has 0 aromatic heterocycles. The Morgan fingerprint density at radius 3 is 2.68 bits per heavy atom. The highest BCUT2D eigenvalue weighted by Gasteiger charge is 2.45. The minimum Gasteiger partial charge on any atom is -0.343 e. The molecule has 2 bridgehead atoms. The van der Waals surface area contributed by atoms with Crippen molar-refractivity contribution in [3.05, 3.63) is 0 Å². The minimum atomic E-state index is 0.341. The van der Waals surface area contributed by atoms with Crippen LogP contribution < -0.4 is 0 Å². The predicted octanol–water partition coefficient (Wildman–Crippen LogP) is 2.11. The van der Waals surface area contributed by atoms with Crippen LogP contribution in [-0.2, 0) is 9.59 Å². The lowest BCUT2D eigenvalue weighted by atomic mass is 9.75. The molecule has 4 rings (SSSR count). The third kappa shape index (κ3) is 3.44. The molecule has 5 heteroatoms. The number of hydrogen-bond donors (Lipinski definition) is 0. The van der Waals surface area contributed by atoms with E-state index in [1.165, 1.54) is 19.4 Å². The lowest BCUT2D eigenvalue weighted by Crippen LogP contribution is -2.62. The highest BCUT2D eigenvalue weighted by molar-refractivity contribution is 5.77. The summed E-state index contributed by atoms with van der Waals surface area (Å²) < 4.78 is 0. The highest BCUT2D eigenvalue weighted by atomic mass is 16.2. The molecule has 0 aromatic carbocycles. The van der Waals surface area contributed by atoms with Crippen LogP contribution in [0.5, 0.6) is 0 Å². The second kappa shape index (κ2) is 7.26. The second-order valence-electron chi connectivity index (χ2n) is 8.68. The van der Waals surface area contributed by atoms with Gasteiger partial charge in [-0.25, -0.2) is 0 Å². The van der Waals surface area contributed by atoms with E-state index in [4.69, 9.17) is 0 Å². The maximum atomic E-state index is 12.3. The van der Waals surface area contributed by atoms with Crippen LogP contribution in [0.25, 0.3) is 0 Å². The molecule has 3 atom stereocenters. The van der Waals surface area contributed by atoms with Gasteiger partial charge in [-0.15, -0.1) is 0 Å². The molecule has 4 heterocycles. The predicted molar refractivity (Wildman–Crippen MR) is 97.0 cm³/mol. The van der Waals surface area contributed by atoms with Gasteiger partial charge in [-0.3, -0.25) is 14.5 Å². The van der Waals surface area contributed by atoms with Crippen LogP contribution in [0.15, 0.2) is 0 Å². The molecule has 4 aliphatic rings. The van der Waals surface area contributed by atoms with Gasteiger partial charge in [0, 0.05) is 57.6 Å². The van der Waals surface area contributed by atoms with Crippen LogP contribution in [0.4, 0.5) is 0 Å². The van der Waals surface area contributed by atoms with E-state index in [-0.39, 0.29) is 0 Å². The van der Waals surface area contributed by atoms with E-state index in [0.29, 0.717) is 42.2 Å². The van der Waals surface area contributed by atoms with Crippen molar-refractivity contribution >= 4 is 11.8 Å². The van der Waals surface area contributed by atoms with Gasteiger partial charge < -0.3 is 9.80 Å². The molecule has 4 aliphatic heterocycles. The van der Waals surface area contributed by atoms with Gasteiger partial charge in [-0.1, -0.05) is 6.92 Å². The normalized spacial score (nSPS) is 34.1. The Hall–Kier alpha value is -1.10. The fraction of sp³-hybridized carbons (Fsp3) is 0.900. The number of hydrogen-bond acceptors (Lipinski definition) is 3. The van der Waals surface area contributed by atoms with Gasteiger partial charge in [0.25, 0.3) is 0 Å². The van der Waals surface area contributed by atoms with E-state index >= 15 is 0 Å². The summed E-state index contributed by atoms with van der Waals surface area (Å²) >= 11 is 0. The van der Waals surface area contributed by atoms with Gasteiger partial charge in [-0.2, -0.15) is 0 Å². The van der Waals surface area contributed by atoms with Crippen molar-refractivity contribution in [2.75, 3.05) is 32.7 Å². The van der Waals surface area contributed by atoms with Crippen LogP contribution >= 0.6 is 0 Å². The topological polar surface area (TPSA) is 43.9 Å². The number of fused-ring (bicyclic) bond motifs is 4. The number of rotatable bonds is 3. The first-order valence-electron chi connectivity index (χ1n) is 10.5. The zero-order chi connectivity index (χ0) is 17.4. The Balaban J connectivity index is 1.35. The Labute approximate surface area is 151 Å². The van der Waals surface area contributed by atoms with E-state index in [1.807, 2.05) is 0 Å². The smallest absolute Gasteiger partial charge is 0.222 e. The van der Waals surface area contributed by atoms with Crippen LogP contribution in [0, 0.1) is 11.8 Å². The van der Waals surface area contributed by atoms with Crippen molar-refractivity contribution in [3.8, 4) is 0 Å². The summed E-state index contributed by atoms with van der Waals surface area (Å²) in [7, 11) is 0. The first kappa shape index (κ1) is 17.3. The molecular formula is C20H33N3O2. The van der Waals surface area contributed by atoms with E-state index in [2.05, 4.69) is 21.6 Å². The highest BCUT2D eigenvalue weighted by Crippen LogP contribution is 2.39. The summed E-state index contributed by atoms with van der Waals surface area (Å²) in [5, 5.41) is 0. The van der Waals surface area contributed by atoms with Gasteiger partial charge in [-0.05, 0) is 50.4 Å². The average Bonchev–Trinajstić information content (AvgIpc) is 2.63. The molecule has 2 unspecified atom stereocenters. The van der Waals surface area contributed by atoms with Crippen LogP contribution in [0.2, 0.25) is 0 Å². The zero-order valence-corrected chi connectivity index (χ0v) is 15.7. The Bertz CT molecular complexity index is 515. The molecule has 0 N–H and O–H groups in total. The third-order valence-electron chi connectivity index (χ3n) is 7.01. The van der Waals surface area contributed by atoms with Crippen LogP contribution in [-0.4, -0.2) is 71.3 Å². The van der Waals surface area contributed by atoms with Crippen molar-refractivity contribution in [1.29, 1.82) is 0 Å². The van der Waals surface area contributed by atoms with Crippen molar-refractivity contribution in [2.45, 2.75) is 70.4 Å². The number of carbonyl (C=O) groups is 2. The van der Waals surface area contributed by atoms with Gasteiger partial charge in [0.1, 0.15) is 0 Å². The van der Waals surface area contributed by atoms with Gasteiger partial charge in [0.15, 0.2) is 0 Å². The van der Waals surface area contributed by atoms with Crippen LogP contribution in [0.3, 0.4) is 0 Å². The van der Waals surface area contributed by atoms with E-state index in [9.17, 15) is 9.59 Å². The molecular weight excluding hydrogens is 314 g/mol. The Morgan fingerprint density at radius 2 is 1.92 bits per heavy atom. The van der Waals surface area contributed by atoms with Gasteiger partial charge >= 0.3 is 0 Å². The van der Waals surface area contributed by atoms with Crippen molar-refractivity contribution < 1.29 is 9.59 Å². The summed E-state index contributed by atoms with van der Waals surface area (Å²) in [5.74, 6) is 2.09. The summed E-state index contributed by atoms with van der Waals surface area (Å²) in [6, 6.07) is 1.15. The molecule has 0 saturated carbocycles. The maximum Gasteiger partial charge on any atom is 0.222 e. The minimum absolute atomic E-state index is 0.341. The zero-order valence-electron chi connectivity index (χ0n) is 15.7. The molecule has 0 aliphatic carbocycles. The fourth-order valence-electron chi connectivity index (χ4n) is 5.80. The van der Waals surface area contributed by atoms with Crippen LogP contribution in [0.1, 0.15) is 58.3 Å². The Kier molecular flexibility index (Phi) is 5.03. The van der Waals surface area contributed by atoms with E-state index in [1.54, 1.807) is 0 Å². The SMILES string of the molecule is CCCC(=O)N1CCC(N2CC3CC(C2)[C@H]2CCCC(=O)N2C3)CC1. The van der Waals surface area contributed by atoms with Gasteiger partial charge in [0.2, 0.25) is 11.8 Å². The summed E-state index contributed by atoms with van der Waals surface area (Å²) in [5.41, 5.74) is 0. The van der Waals surface area contributed by atoms with Crippen molar-refractivity contribution in [1.82, 2.24) is 14.7 Å². The Morgan fingerprint density at radius 1 is 1.12 bits per heavy atom. The number of carbonyl (C=O) groups excluding carboxylic acids is 2. The molecule has 0 aromatic rings. The molecule has 4 fully saturated rings. The maximum absolute atomic E-state index is 12.3. The number of piperidine rings is 4. The third-order valence-corrected chi connectivity index (χ3v) is 7.01. The quantitative estimate of drug-likeness (QED) is 0.785. The molecule has 5 nitrogen and oxygen atoms in total. The average molecular weight is 348 g/mol. The molecule has 25 heavy (non-hydrogen) atoms. The van der Waals surface area contributed by atoms with Gasteiger partial charge in [0.05, 0.1) is 0 Å². The second-order valence-corrected chi connectivity index (χ2v) is 8.68. The number of likely N-dealkylation sites (tertiary alicyclic amines) is 2. The summed E-state index contributed by atoms with van der Waals surface area (Å²) in [6.45, 7) is 7.26. The lowest BCUT2D eigenvalue weighted by molar-refractivity contribution is -0.146. The first-order valence-corrected chi connectivity index (χ1v) is 10.5. The first-order chi connectivity index (χ1) is 12.2. The summed E-state index contributed by atoms with van der Waals surface area (Å²) in [6.07, 6.45) is 8.28. The van der Waals surface area contributed by atoms with Crippen molar-refractivity contribution in [3.63, 3.8) is 0 Å². The van der Waals surface area contributed by atoms with Crippen molar-refractivity contribution in [2.24, 2.45) is 11.8 Å². The van der Waals surface area contributed by atoms with E-state index in [0.717, 1.165) is 58.3 Å².